The summed E-state index contributed by atoms with van der Waals surface area (Å²) < 4.78 is 5.71. The van der Waals surface area contributed by atoms with Gasteiger partial charge in [0.15, 0.2) is 0 Å². The molecule has 1 aromatic heterocycles. The van der Waals surface area contributed by atoms with Crippen molar-refractivity contribution in [1.82, 2.24) is 4.90 Å². The number of ether oxygens (including phenoxy) is 1. The molecule has 3 aromatic rings. The van der Waals surface area contributed by atoms with Crippen LogP contribution >= 0.6 is 11.3 Å². The number of benzene rings is 2. The summed E-state index contributed by atoms with van der Waals surface area (Å²) in [5.41, 5.74) is 0.901. The fourth-order valence-corrected chi connectivity index (χ4v) is 4.50. The van der Waals surface area contributed by atoms with E-state index in [1.54, 1.807) is 36.4 Å². The van der Waals surface area contributed by atoms with E-state index in [1.165, 1.54) is 28.4 Å². The van der Waals surface area contributed by atoms with Crippen LogP contribution in [0.3, 0.4) is 0 Å². The van der Waals surface area contributed by atoms with Gasteiger partial charge in [-0.25, -0.2) is 0 Å². The summed E-state index contributed by atoms with van der Waals surface area (Å²) in [4.78, 5) is 28.4. The minimum absolute atomic E-state index is 0.0107. The summed E-state index contributed by atoms with van der Waals surface area (Å²) in [5, 5.41) is 23.1. The molecular weight excluding hydrogens is 426 g/mol. The van der Waals surface area contributed by atoms with Crippen LogP contribution in [0.2, 0.25) is 0 Å². The van der Waals surface area contributed by atoms with Crippen molar-refractivity contribution in [2.45, 2.75) is 32.5 Å². The molecule has 2 aromatic carbocycles. The van der Waals surface area contributed by atoms with Crippen molar-refractivity contribution in [2.75, 3.05) is 0 Å². The molecule has 7 heteroatoms. The number of phenols is 1. The van der Waals surface area contributed by atoms with Crippen LogP contribution in [0.4, 0.5) is 0 Å². The van der Waals surface area contributed by atoms with Gasteiger partial charge in [0.25, 0.3) is 11.7 Å². The fraction of sp³-hybridized carbons (Fsp3) is 0.200. The third-order valence-corrected chi connectivity index (χ3v) is 5.97. The summed E-state index contributed by atoms with van der Waals surface area (Å²) in [7, 11) is 0. The Labute approximate surface area is 190 Å². The number of aliphatic hydroxyl groups excluding tert-OH is 1. The zero-order valence-corrected chi connectivity index (χ0v) is 18.5. The molecule has 1 amide bonds. The smallest absolute Gasteiger partial charge is 0.295 e. The Balaban J connectivity index is 1.84. The van der Waals surface area contributed by atoms with Gasteiger partial charge in [-0.1, -0.05) is 30.3 Å². The second kappa shape index (κ2) is 8.88. The maximum absolute atomic E-state index is 13.1. The van der Waals surface area contributed by atoms with Gasteiger partial charge < -0.3 is 19.8 Å². The van der Waals surface area contributed by atoms with Gasteiger partial charge in [-0.15, -0.1) is 11.3 Å². The molecule has 1 unspecified atom stereocenters. The molecule has 1 aliphatic rings. The topological polar surface area (TPSA) is 87.1 Å². The molecule has 0 bridgehead atoms. The number of ketones is 1. The lowest BCUT2D eigenvalue weighted by Crippen LogP contribution is -2.28. The highest BCUT2D eigenvalue weighted by atomic mass is 32.1. The first-order valence-corrected chi connectivity index (χ1v) is 11.1. The van der Waals surface area contributed by atoms with Crippen LogP contribution in [-0.2, 0) is 16.1 Å². The van der Waals surface area contributed by atoms with Gasteiger partial charge in [0.2, 0.25) is 0 Å². The van der Waals surface area contributed by atoms with Crippen LogP contribution in [0.5, 0.6) is 11.5 Å². The number of amides is 1. The summed E-state index contributed by atoms with van der Waals surface area (Å²) in [6, 6.07) is 16.1. The minimum Gasteiger partial charge on any atom is -0.508 e. The lowest BCUT2D eigenvalue weighted by atomic mass is 9.95. The van der Waals surface area contributed by atoms with Crippen molar-refractivity contribution in [3.05, 3.63) is 87.6 Å². The van der Waals surface area contributed by atoms with E-state index in [2.05, 4.69) is 0 Å². The Kier molecular flexibility index (Phi) is 6.01. The summed E-state index contributed by atoms with van der Waals surface area (Å²) in [6.45, 7) is 4.00. The quantitative estimate of drug-likeness (QED) is 0.319. The molecule has 1 fully saturated rings. The van der Waals surface area contributed by atoms with Crippen LogP contribution in [0.15, 0.2) is 71.6 Å². The standard InChI is InChI=1S/C25H23NO5S/c1-15(2)31-19-9-4-7-17(13-19)23(28)21-22(16-6-3-8-18(27)12-16)26(25(30)24(21)29)14-20-10-5-11-32-20/h3-13,15,22,27-28H,14H2,1-2H3/b23-21-. The Morgan fingerprint density at radius 1 is 1.09 bits per heavy atom. The molecule has 2 heterocycles. The van der Waals surface area contributed by atoms with Gasteiger partial charge in [0.1, 0.15) is 17.3 Å². The number of carbonyl (C=O) groups is 2. The molecule has 1 aliphatic heterocycles. The fourth-order valence-electron chi connectivity index (χ4n) is 3.80. The number of rotatable bonds is 6. The van der Waals surface area contributed by atoms with E-state index in [-0.39, 0.29) is 29.7 Å². The number of carbonyl (C=O) groups excluding carboxylic acids is 2. The van der Waals surface area contributed by atoms with Gasteiger partial charge in [0, 0.05) is 10.4 Å². The summed E-state index contributed by atoms with van der Waals surface area (Å²) >= 11 is 1.48. The van der Waals surface area contributed by atoms with E-state index in [1.807, 2.05) is 31.4 Å². The van der Waals surface area contributed by atoms with Crippen molar-refractivity contribution >= 4 is 28.8 Å². The molecule has 2 N–H and O–H groups in total. The van der Waals surface area contributed by atoms with Gasteiger partial charge in [-0.05, 0) is 55.1 Å². The monoisotopic (exact) mass is 449 g/mol. The lowest BCUT2D eigenvalue weighted by Gasteiger charge is -2.25. The molecule has 32 heavy (non-hydrogen) atoms. The zero-order chi connectivity index (χ0) is 22.8. The first-order valence-electron chi connectivity index (χ1n) is 10.2. The molecule has 164 valence electrons. The highest BCUT2D eigenvalue weighted by molar-refractivity contribution is 7.09. The zero-order valence-electron chi connectivity index (χ0n) is 17.7. The number of phenolic OH excluding ortho intramolecular Hbond substituents is 1. The van der Waals surface area contributed by atoms with Crippen molar-refractivity contribution in [1.29, 1.82) is 0 Å². The number of hydrogen-bond acceptors (Lipinski definition) is 6. The average molecular weight is 450 g/mol. The Morgan fingerprint density at radius 3 is 2.56 bits per heavy atom. The predicted molar refractivity (Wildman–Crippen MR) is 122 cm³/mol. The number of aromatic hydroxyl groups is 1. The van der Waals surface area contributed by atoms with Crippen LogP contribution in [0, 0.1) is 0 Å². The molecule has 6 nitrogen and oxygen atoms in total. The van der Waals surface area contributed by atoms with E-state index >= 15 is 0 Å². The third kappa shape index (κ3) is 4.24. The second-order valence-corrected chi connectivity index (χ2v) is 8.83. The second-order valence-electron chi connectivity index (χ2n) is 7.80. The van der Waals surface area contributed by atoms with E-state index in [0.29, 0.717) is 16.9 Å². The molecule has 1 saturated heterocycles. The van der Waals surface area contributed by atoms with E-state index in [0.717, 1.165) is 4.88 Å². The van der Waals surface area contributed by atoms with Crippen LogP contribution in [-0.4, -0.2) is 32.9 Å². The van der Waals surface area contributed by atoms with Crippen LogP contribution in [0.1, 0.15) is 35.9 Å². The number of aliphatic hydroxyl groups is 1. The minimum atomic E-state index is -0.834. The Bertz CT molecular complexity index is 1180. The van der Waals surface area contributed by atoms with E-state index < -0.39 is 17.7 Å². The first-order chi connectivity index (χ1) is 15.3. The van der Waals surface area contributed by atoms with Gasteiger partial charge in [-0.2, -0.15) is 0 Å². The van der Waals surface area contributed by atoms with Crippen molar-refractivity contribution < 1.29 is 24.5 Å². The van der Waals surface area contributed by atoms with Crippen LogP contribution < -0.4 is 4.74 Å². The normalized spacial score (nSPS) is 17.8. The molecule has 0 spiro atoms. The number of Topliss-reactive ketones (excluding diaryl/α,β-unsaturated/α-hetero) is 1. The maximum atomic E-state index is 13.1. The predicted octanol–water partition coefficient (Wildman–Crippen LogP) is 4.86. The van der Waals surface area contributed by atoms with Crippen molar-refractivity contribution in [3.8, 4) is 11.5 Å². The highest BCUT2D eigenvalue weighted by Crippen LogP contribution is 2.41. The van der Waals surface area contributed by atoms with Gasteiger partial charge in [0.05, 0.1) is 24.3 Å². The molecule has 1 atom stereocenters. The molecule has 4 rings (SSSR count). The maximum Gasteiger partial charge on any atom is 0.295 e. The average Bonchev–Trinajstić information content (AvgIpc) is 3.35. The number of hydrogen-bond donors (Lipinski definition) is 2. The summed E-state index contributed by atoms with van der Waals surface area (Å²) in [5.74, 6) is -1.17. The molecule has 0 saturated carbocycles. The Morgan fingerprint density at radius 2 is 1.88 bits per heavy atom. The van der Waals surface area contributed by atoms with E-state index in [9.17, 15) is 19.8 Å². The lowest BCUT2D eigenvalue weighted by molar-refractivity contribution is -0.140. The van der Waals surface area contributed by atoms with Crippen molar-refractivity contribution in [2.24, 2.45) is 0 Å². The molecule has 0 aliphatic carbocycles. The number of nitrogens with zero attached hydrogens (tertiary/aromatic N) is 1. The largest absolute Gasteiger partial charge is 0.508 e. The van der Waals surface area contributed by atoms with Gasteiger partial charge >= 0.3 is 0 Å². The number of likely N-dealkylation sites (tertiary alicyclic amines) is 1. The molecular formula is C25H23NO5S. The molecule has 0 radical (unpaired) electrons. The van der Waals surface area contributed by atoms with Crippen LogP contribution in [0.25, 0.3) is 5.76 Å². The Hall–Kier alpha value is -3.58. The summed E-state index contributed by atoms with van der Waals surface area (Å²) in [6.07, 6.45) is -0.0592. The number of thiophene rings is 1. The SMILES string of the molecule is CC(C)Oc1cccc(/C(O)=C2/C(=O)C(=O)N(Cc3cccs3)C2c2cccc(O)c2)c1. The highest BCUT2D eigenvalue weighted by Gasteiger charge is 2.46. The first kappa shape index (κ1) is 21.6. The van der Waals surface area contributed by atoms with E-state index in [4.69, 9.17) is 4.74 Å². The third-order valence-electron chi connectivity index (χ3n) is 5.11. The van der Waals surface area contributed by atoms with Gasteiger partial charge in [-0.3, -0.25) is 9.59 Å². The van der Waals surface area contributed by atoms with Crippen molar-refractivity contribution in [3.63, 3.8) is 0 Å².